The number of nitrogens with one attached hydrogen (secondary N) is 1. The Kier molecular flexibility index (Phi) is 4.79. The van der Waals surface area contributed by atoms with E-state index in [9.17, 15) is 9.59 Å². The third-order valence-corrected chi connectivity index (χ3v) is 4.64. The summed E-state index contributed by atoms with van der Waals surface area (Å²) in [6.45, 7) is 3.16. The fourth-order valence-electron chi connectivity index (χ4n) is 3.13. The molecule has 142 valence electrons. The monoisotopic (exact) mass is 377 g/mol. The van der Waals surface area contributed by atoms with Crippen molar-refractivity contribution in [3.05, 3.63) is 65.6 Å². The molecule has 9 heteroatoms. The first-order chi connectivity index (χ1) is 13.6. The number of aromatic nitrogens is 5. The topological polar surface area (TPSA) is 106 Å². The van der Waals surface area contributed by atoms with Gasteiger partial charge in [-0.3, -0.25) is 19.1 Å². The normalized spacial score (nSPS) is 13.1. The number of carbonyl (C=O) groups is 2. The third kappa shape index (κ3) is 3.73. The summed E-state index contributed by atoms with van der Waals surface area (Å²) in [7, 11) is 0. The van der Waals surface area contributed by atoms with Gasteiger partial charge in [0.1, 0.15) is 24.2 Å². The SMILES string of the molecule is CC(=O)N1CCc2ncc(CNC(=O)c3cccc(-n4cnnc4)n3)cc2C1. The maximum Gasteiger partial charge on any atom is 0.270 e. The molecule has 0 aromatic carbocycles. The highest BCUT2D eigenvalue weighted by Crippen LogP contribution is 2.18. The van der Waals surface area contributed by atoms with Gasteiger partial charge in [0, 0.05) is 44.9 Å². The zero-order valence-electron chi connectivity index (χ0n) is 15.4. The molecule has 9 nitrogen and oxygen atoms in total. The van der Waals surface area contributed by atoms with E-state index >= 15 is 0 Å². The van der Waals surface area contributed by atoms with E-state index in [-0.39, 0.29) is 11.8 Å². The van der Waals surface area contributed by atoms with Gasteiger partial charge >= 0.3 is 0 Å². The molecule has 28 heavy (non-hydrogen) atoms. The summed E-state index contributed by atoms with van der Waals surface area (Å²) in [6.07, 6.45) is 5.56. The summed E-state index contributed by atoms with van der Waals surface area (Å²) in [5.74, 6) is 0.346. The molecular formula is C19H19N7O2. The van der Waals surface area contributed by atoms with Crippen molar-refractivity contribution in [2.45, 2.75) is 26.4 Å². The average Bonchev–Trinajstić information content (AvgIpc) is 3.26. The fourth-order valence-corrected chi connectivity index (χ4v) is 3.13. The van der Waals surface area contributed by atoms with Crippen molar-refractivity contribution in [1.29, 1.82) is 0 Å². The molecular weight excluding hydrogens is 358 g/mol. The molecule has 3 aromatic rings. The minimum Gasteiger partial charge on any atom is -0.347 e. The molecule has 0 fully saturated rings. The Morgan fingerprint density at radius 1 is 1.21 bits per heavy atom. The third-order valence-electron chi connectivity index (χ3n) is 4.64. The summed E-state index contributed by atoms with van der Waals surface area (Å²) in [5.41, 5.74) is 3.23. The summed E-state index contributed by atoms with van der Waals surface area (Å²) in [4.78, 5) is 34.7. The lowest BCUT2D eigenvalue weighted by atomic mass is 10.0. The van der Waals surface area contributed by atoms with Gasteiger partial charge in [-0.05, 0) is 29.3 Å². The van der Waals surface area contributed by atoms with Crippen LogP contribution in [0.3, 0.4) is 0 Å². The lowest BCUT2D eigenvalue weighted by Crippen LogP contribution is -2.34. The van der Waals surface area contributed by atoms with Crippen LogP contribution in [-0.2, 0) is 24.3 Å². The lowest BCUT2D eigenvalue weighted by molar-refractivity contribution is -0.129. The van der Waals surface area contributed by atoms with Crippen LogP contribution in [0.15, 0.2) is 43.1 Å². The van der Waals surface area contributed by atoms with Crippen molar-refractivity contribution in [2.24, 2.45) is 0 Å². The molecule has 4 heterocycles. The Morgan fingerprint density at radius 2 is 2.04 bits per heavy atom. The first kappa shape index (κ1) is 17.8. The van der Waals surface area contributed by atoms with E-state index in [0.29, 0.717) is 31.1 Å². The van der Waals surface area contributed by atoms with Crippen LogP contribution < -0.4 is 5.32 Å². The second-order valence-electron chi connectivity index (χ2n) is 6.57. The standard InChI is InChI=1S/C19H19N7O2/c1-13(27)25-6-5-16-15(10-25)7-14(8-20-16)9-21-19(28)17-3-2-4-18(24-17)26-11-22-23-12-26/h2-4,7-8,11-12H,5-6,9-10H2,1H3,(H,21,28). The summed E-state index contributed by atoms with van der Waals surface area (Å²) >= 11 is 0. The van der Waals surface area contributed by atoms with Gasteiger partial charge in [-0.2, -0.15) is 0 Å². The first-order valence-corrected chi connectivity index (χ1v) is 8.92. The van der Waals surface area contributed by atoms with Crippen molar-refractivity contribution < 1.29 is 9.59 Å². The highest BCUT2D eigenvalue weighted by atomic mass is 16.2. The highest BCUT2D eigenvalue weighted by Gasteiger charge is 2.19. The van der Waals surface area contributed by atoms with Crippen molar-refractivity contribution in [3.63, 3.8) is 0 Å². The number of hydrogen-bond donors (Lipinski definition) is 1. The van der Waals surface area contributed by atoms with Gasteiger partial charge in [0.15, 0.2) is 0 Å². The number of rotatable bonds is 4. The van der Waals surface area contributed by atoms with E-state index in [1.54, 1.807) is 40.8 Å². The van der Waals surface area contributed by atoms with Gasteiger partial charge in [0.05, 0.1) is 0 Å². The Morgan fingerprint density at radius 3 is 2.82 bits per heavy atom. The number of nitrogens with zero attached hydrogens (tertiary/aromatic N) is 6. The molecule has 0 aliphatic carbocycles. The summed E-state index contributed by atoms with van der Waals surface area (Å²) < 4.78 is 1.63. The lowest BCUT2D eigenvalue weighted by Gasteiger charge is -2.27. The second kappa shape index (κ2) is 7.55. The fraction of sp³-hybridized carbons (Fsp3) is 0.263. The molecule has 4 rings (SSSR count). The molecule has 0 saturated heterocycles. The number of fused-ring (bicyclic) bond motifs is 1. The Balaban J connectivity index is 1.44. The van der Waals surface area contributed by atoms with E-state index in [0.717, 1.165) is 23.2 Å². The van der Waals surface area contributed by atoms with Gasteiger partial charge in [0.2, 0.25) is 5.91 Å². The molecule has 0 unspecified atom stereocenters. The molecule has 1 N–H and O–H groups in total. The number of pyridine rings is 2. The maximum absolute atomic E-state index is 12.5. The predicted molar refractivity (Wildman–Crippen MR) is 99.4 cm³/mol. The van der Waals surface area contributed by atoms with Gasteiger partial charge in [-0.15, -0.1) is 10.2 Å². The molecule has 1 aliphatic rings. The predicted octanol–water partition coefficient (Wildman–Crippen LogP) is 0.892. The Hall–Kier alpha value is -3.62. The minimum atomic E-state index is -0.280. The van der Waals surface area contributed by atoms with E-state index in [2.05, 4.69) is 25.5 Å². The second-order valence-corrected chi connectivity index (χ2v) is 6.57. The van der Waals surface area contributed by atoms with E-state index in [1.165, 1.54) is 12.7 Å². The molecule has 3 aromatic heterocycles. The number of carbonyl (C=O) groups excluding carboxylic acids is 2. The minimum absolute atomic E-state index is 0.0587. The molecule has 0 spiro atoms. The maximum atomic E-state index is 12.5. The van der Waals surface area contributed by atoms with Gasteiger partial charge < -0.3 is 10.2 Å². The molecule has 0 bridgehead atoms. The van der Waals surface area contributed by atoms with E-state index in [1.807, 2.05) is 6.07 Å². The van der Waals surface area contributed by atoms with Crippen LogP contribution >= 0.6 is 0 Å². The van der Waals surface area contributed by atoms with Crippen LogP contribution in [0.25, 0.3) is 5.82 Å². The first-order valence-electron chi connectivity index (χ1n) is 8.92. The molecule has 2 amide bonds. The van der Waals surface area contributed by atoms with Crippen molar-refractivity contribution >= 4 is 11.8 Å². The van der Waals surface area contributed by atoms with Crippen molar-refractivity contribution in [2.75, 3.05) is 6.54 Å². The van der Waals surface area contributed by atoms with E-state index < -0.39 is 0 Å². The molecule has 0 atom stereocenters. The number of amides is 2. The van der Waals surface area contributed by atoms with Crippen LogP contribution in [0.2, 0.25) is 0 Å². The number of hydrogen-bond acceptors (Lipinski definition) is 6. The van der Waals surface area contributed by atoms with Crippen LogP contribution in [0.1, 0.15) is 34.2 Å². The average molecular weight is 377 g/mol. The van der Waals surface area contributed by atoms with Crippen molar-refractivity contribution in [3.8, 4) is 5.82 Å². The van der Waals surface area contributed by atoms with Gasteiger partial charge in [0.25, 0.3) is 5.91 Å². The Labute approximate surface area is 161 Å². The Bertz CT molecular complexity index is 1020. The van der Waals surface area contributed by atoms with E-state index in [4.69, 9.17) is 0 Å². The molecule has 0 radical (unpaired) electrons. The summed E-state index contributed by atoms with van der Waals surface area (Å²) in [5, 5.41) is 10.3. The van der Waals surface area contributed by atoms with Gasteiger partial charge in [-0.25, -0.2) is 4.98 Å². The smallest absolute Gasteiger partial charge is 0.270 e. The van der Waals surface area contributed by atoms with Crippen LogP contribution in [0, 0.1) is 0 Å². The largest absolute Gasteiger partial charge is 0.347 e. The molecule has 0 saturated carbocycles. The van der Waals surface area contributed by atoms with Crippen LogP contribution in [0.4, 0.5) is 0 Å². The zero-order valence-corrected chi connectivity index (χ0v) is 15.4. The van der Waals surface area contributed by atoms with Crippen LogP contribution in [-0.4, -0.2) is 48.0 Å². The van der Waals surface area contributed by atoms with Crippen LogP contribution in [0.5, 0.6) is 0 Å². The molecule has 1 aliphatic heterocycles. The summed E-state index contributed by atoms with van der Waals surface area (Å²) in [6, 6.07) is 7.18. The van der Waals surface area contributed by atoms with Crippen molar-refractivity contribution in [1.82, 2.24) is 34.9 Å². The quantitative estimate of drug-likeness (QED) is 0.724. The highest BCUT2D eigenvalue weighted by molar-refractivity contribution is 5.92. The zero-order chi connectivity index (χ0) is 19.5. The van der Waals surface area contributed by atoms with Gasteiger partial charge in [-0.1, -0.05) is 6.07 Å².